The van der Waals surface area contributed by atoms with Crippen molar-refractivity contribution in [2.45, 2.75) is 57.5 Å². The summed E-state index contributed by atoms with van der Waals surface area (Å²) in [4.78, 5) is 19.9. The molecule has 2 aliphatic rings. The van der Waals surface area contributed by atoms with Crippen molar-refractivity contribution in [2.75, 3.05) is 19.6 Å². The SMILES string of the molecule is C[C@@H]1CN(C(=O)Cn2c(C3CCCCC3)nc3ccccc32)CCN1. The van der Waals surface area contributed by atoms with Gasteiger partial charge in [-0.05, 0) is 31.9 Å². The number of carbonyl (C=O) groups is 1. The predicted molar refractivity (Wildman–Crippen MR) is 99.6 cm³/mol. The highest BCUT2D eigenvalue weighted by Gasteiger charge is 2.26. The van der Waals surface area contributed by atoms with E-state index in [0.717, 1.165) is 36.5 Å². The van der Waals surface area contributed by atoms with Gasteiger partial charge < -0.3 is 14.8 Å². The molecule has 1 saturated heterocycles. The number of nitrogens with zero attached hydrogens (tertiary/aromatic N) is 3. The Morgan fingerprint density at radius 1 is 1.24 bits per heavy atom. The molecule has 2 heterocycles. The molecule has 25 heavy (non-hydrogen) atoms. The molecule has 0 spiro atoms. The molecule has 1 atom stereocenters. The lowest BCUT2D eigenvalue weighted by Crippen LogP contribution is -2.52. The van der Waals surface area contributed by atoms with Crippen LogP contribution in [0.15, 0.2) is 24.3 Å². The van der Waals surface area contributed by atoms with E-state index in [0.29, 0.717) is 18.5 Å². The van der Waals surface area contributed by atoms with Crippen LogP contribution in [0.2, 0.25) is 0 Å². The van der Waals surface area contributed by atoms with E-state index in [1.54, 1.807) is 0 Å². The molecule has 134 valence electrons. The monoisotopic (exact) mass is 340 g/mol. The number of aromatic nitrogens is 2. The minimum absolute atomic E-state index is 0.216. The third-order valence-electron chi connectivity index (χ3n) is 5.67. The summed E-state index contributed by atoms with van der Waals surface area (Å²) in [7, 11) is 0. The average molecular weight is 340 g/mol. The number of rotatable bonds is 3. The maximum atomic E-state index is 12.9. The quantitative estimate of drug-likeness (QED) is 0.935. The van der Waals surface area contributed by atoms with E-state index in [1.807, 2.05) is 17.0 Å². The zero-order chi connectivity index (χ0) is 17.2. The second-order valence-corrected chi connectivity index (χ2v) is 7.57. The van der Waals surface area contributed by atoms with Crippen LogP contribution < -0.4 is 5.32 Å². The first-order valence-corrected chi connectivity index (χ1v) is 9.68. The van der Waals surface area contributed by atoms with Crippen molar-refractivity contribution < 1.29 is 4.79 Å². The third-order valence-corrected chi connectivity index (χ3v) is 5.67. The van der Waals surface area contributed by atoms with Crippen molar-refractivity contribution >= 4 is 16.9 Å². The van der Waals surface area contributed by atoms with E-state index in [1.165, 1.54) is 32.1 Å². The van der Waals surface area contributed by atoms with Gasteiger partial charge in [-0.15, -0.1) is 0 Å². The smallest absolute Gasteiger partial charge is 0.242 e. The standard InChI is InChI=1S/C20H28N4O/c1-15-13-23(12-11-21-15)19(25)14-24-18-10-6-5-9-17(18)22-20(24)16-7-3-2-4-8-16/h5-6,9-10,15-16,21H,2-4,7-8,11-14H2,1H3/t15-/m1/s1. The van der Waals surface area contributed by atoms with Gasteiger partial charge in [0.2, 0.25) is 5.91 Å². The molecule has 4 rings (SSSR count). The largest absolute Gasteiger partial charge is 0.338 e. The van der Waals surface area contributed by atoms with Crippen molar-refractivity contribution in [3.05, 3.63) is 30.1 Å². The number of piperazine rings is 1. The fraction of sp³-hybridized carbons (Fsp3) is 0.600. The fourth-order valence-electron chi connectivity index (χ4n) is 4.33. The van der Waals surface area contributed by atoms with Crippen LogP contribution in [0.3, 0.4) is 0 Å². The first kappa shape index (κ1) is 16.6. The Morgan fingerprint density at radius 2 is 2.04 bits per heavy atom. The molecule has 1 N–H and O–H groups in total. The van der Waals surface area contributed by atoms with Crippen molar-refractivity contribution in [1.29, 1.82) is 0 Å². The number of hydrogen-bond donors (Lipinski definition) is 1. The summed E-state index contributed by atoms with van der Waals surface area (Å²) in [6, 6.07) is 8.61. The van der Waals surface area contributed by atoms with Gasteiger partial charge in [0.15, 0.2) is 0 Å². The number of para-hydroxylation sites is 2. The van der Waals surface area contributed by atoms with Gasteiger partial charge in [-0.1, -0.05) is 31.4 Å². The van der Waals surface area contributed by atoms with Gasteiger partial charge in [-0.25, -0.2) is 4.98 Å². The molecule has 1 aliphatic heterocycles. The van der Waals surface area contributed by atoms with Gasteiger partial charge in [0.05, 0.1) is 11.0 Å². The number of imidazole rings is 1. The highest BCUT2D eigenvalue weighted by Crippen LogP contribution is 2.34. The molecule has 2 fully saturated rings. The minimum Gasteiger partial charge on any atom is -0.338 e. The fourth-order valence-corrected chi connectivity index (χ4v) is 4.33. The van der Waals surface area contributed by atoms with E-state index in [9.17, 15) is 4.79 Å². The predicted octanol–water partition coefficient (Wildman–Crippen LogP) is 2.90. The van der Waals surface area contributed by atoms with Crippen LogP contribution in [0.1, 0.15) is 50.8 Å². The summed E-state index contributed by atoms with van der Waals surface area (Å²) in [5.74, 6) is 1.84. The molecule has 1 aromatic carbocycles. The second kappa shape index (κ2) is 7.16. The Labute approximate surface area is 149 Å². The summed E-state index contributed by atoms with van der Waals surface area (Å²) < 4.78 is 2.19. The van der Waals surface area contributed by atoms with Crippen LogP contribution >= 0.6 is 0 Å². The van der Waals surface area contributed by atoms with E-state index < -0.39 is 0 Å². The molecule has 2 aromatic rings. The first-order valence-electron chi connectivity index (χ1n) is 9.68. The second-order valence-electron chi connectivity index (χ2n) is 7.57. The number of benzene rings is 1. The maximum Gasteiger partial charge on any atom is 0.242 e. The molecule has 1 saturated carbocycles. The van der Waals surface area contributed by atoms with Gasteiger partial charge in [0.1, 0.15) is 12.4 Å². The molecule has 0 unspecified atom stereocenters. The summed E-state index contributed by atoms with van der Waals surface area (Å²) in [5.41, 5.74) is 2.11. The molecule has 1 aromatic heterocycles. The van der Waals surface area contributed by atoms with Crippen molar-refractivity contribution in [2.24, 2.45) is 0 Å². The Balaban J connectivity index is 1.63. The molecule has 0 radical (unpaired) electrons. The van der Waals surface area contributed by atoms with Crippen LogP contribution in [-0.2, 0) is 11.3 Å². The lowest BCUT2D eigenvalue weighted by Gasteiger charge is -2.32. The third kappa shape index (κ3) is 3.43. The Kier molecular flexibility index (Phi) is 4.75. The van der Waals surface area contributed by atoms with Gasteiger partial charge in [0.25, 0.3) is 0 Å². The molecular weight excluding hydrogens is 312 g/mol. The van der Waals surface area contributed by atoms with Crippen LogP contribution in [0.4, 0.5) is 0 Å². The number of nitrogens with one attached hydrogen (secondary N) is 1. The zero-order valence-corrected chi connectivity index (χ0v) is 15.1. The molecule has 0 bridgehead atoms. The highest BCUT2D eigenvalue weighted by atomic mass is 16.2. The van der Waals surface area contributed by atoms with Crippen LogP contribution in [-0.4, -0.2) is 46.0 Å². The molecule has 5 heteroatoms. The van der Waals surface area contributed by atoms with E-state index in [-0.39, 0.29) is 5.91 Å². The Hall–Kier alpha value is -1.88. The maximum absolute atomic E-state index is 12.9. The van der Waals surface area contributed by atoms with Crippen molar-refractivity contribution in [3.63, 3.8) is 0 Å². The molecule has 5 nitrogen and oxygen atoms in total. The van der Waals surface area contributed by atoms with E-state index in [4.69, 9.17) is 4.98 Å². The van der Waals surface area contributed by atoms with Crippen LogP contribution in [0.5, 0.6) is 0 Å². The van der Waals surface area contributed by atoms with Crippen LogP contribution in [0, 0.1) is 0 Å². The average Bonchev–Trinajstić information content (AvgIpc) is 3.01. The number of fused-ring (bicyclic) bond motifs is 1. The Bertz CT molecular complexity index is 747. The van der Waals surface area contributed by atoms with Gasteiger partial charge in [-0.2, -0.15) is 0 Å². The van der Waals surface area contributed by atoms with E-state index >= 15 is 0 Å². The molecule has 1 amide bonds. The number of carbonyl (C=O) groups excluding carboxylic acids is 1. The number of amides is 1. The topological polar surface area (TPSA) is 50.2 Å². The summed E-state index contributed by atoms with van der Waals surface area (Å²) >= 11 is 0. The molecule has 1 aliphatic carbocycles. The van der Waals surface area contributed by atoms with Crippen molar-refractivity contribution in [3.8, 4) is 0 Å². The van der Waals surface area contributed by atoms with Gasteiger partial charge in [-0.3, -0.25) is 4.79 Å². The first-order chi connectivity index (χ1) is 12.2. The lowest BCUT2D eigenvalue weighted by molar-refractivity contribution is -0.132. The lowest BCUT2D eigenvalue weighted by atomic mass is 9.88. The summed E-state index contributed by atoms with van der Waals surface area (Å²) in [6.07, 6.45) is 6.27. The number of hydrogen-bond acceptors (Lipinski definition) is 3. The normalized spacial score (nSPS) is 22.4. The van der Waals surface area contributed by atoms with Gasteiger partial charge in [0, 0.05) is 31.6 Å². The minimum atomic E-state index is 0.216. The summed E-state index contributed by atoms with van der Waals surface area (Å²) in [6.45, 7) is 5.03. The van der Waals surface area contributed by atoms with E-state index in [2.05, 4.69) is 28.9 Å². The van der Waals surface area contributed by atoms with Crippen LogP contribution in [0.25, 0.3) is 11.0 Å². The zero-order valence-electron chi connectivity index (χ0n) is 15.1. The van der Waals surface area contributed by atoms with Crippen molar-refractivity contribution in [1.82, 2.24) is 19.8 Å². The highest BCUT2D eigenvalue weighted by molar-refractivity contribution is 5.81. The Morgan fingerprint density at radius 3 is 2.84 bits per heavy atom. The van der Waals surface area contributed by atoms with Gasteiger partial charge >= 0.3 is 0 Å². The molecular formula is C20H28N4O. The summed E-state index contributed by atoms with van der Waals surface area (Å²) in [5, 5.41) is 3.41.